The second-order valence-corrected chi connectivity index (χ2v) is 10.5. The molecule has 1 atom stereocenters. The van der Waals surface area contributed by atoms with Crippen LogP contribution in [-0.2, 0) is 22.6 Å². The highest BCUT2D eigenvalue weighted by molar-refractivity contribution is 5.88. The minimum atomic E-state index is -0.685. The maximum atomic E-state index is 13.9. The Balaban J connectivity index is 1.64. The highest BCUT2D eigenvalue weighted by Gasteiger charge is 2.32. The van der Waals surface area contributed by atoms with E-state index in [-0.39, 0.29) is 36.9 Å². The maximum Gasteiger partial charge on any atom is 0.261 e. The van der Waals surface area contributed by atoms with Crippen LogP contribution in [0.1, 0.15) is 62.1 Å². The summed E-state index contributed by atoms with van der Waals surface area (Å²) >= 11 is 0. The van der Waals surface area contributed by atoms with Crippen molar-refractivity contribution in [2.75, 3.05) is 13.7 Å². The number of rotatable bonds is 12. The first-order chi connectivity index (χ1) is 18.9. The predicted octanol–water partition coefficient (Wildman–Crippen LogP) is 5.90. The van der Waals surface area contributed by atoms with Gasteiger partial charge in [-0.2, -0.15) is 0 Å². The van der Waals surface area contributed by atoms with E-state index in [1.165, 1.54) is 0 Å². The van der Waals surface area contributed by atoms with Crippen molar-refractivity contribution in [2.45, 2.75) is 70.5 Å². The molecule has 1 N–H and O–H groups in total. The predicted molar refractivity (Wildman–Crippen MR) is 154 cm³/mol. The van der Waals surface area contributed by atoms with E-state index >= 15 is 0 Å². The Labute approximate surface area is 232 Å². The summed E-state index contributed by atoms with van der Waals surface area (Å²) < 4.78 is 11.5. The first-order valence-electron chi connectivity index (χ1n) is 13.9. The van der Waals surface area contributed by atoms with Gasteiger partial charge in [-0.25, -0.2) is 0 Å². The van der Waals surface area contributed by atoms with Gasteiger partial charge in [-0.15, -0.1) is 0 Å². The summed E-state index contributed by atoms with van der Waals surface area (Å²) in [7, 11) is 1.62. The van der Waals surface area contributed by atoms with Gasteiger partial charge in [0, 0.05) is 19.0 Å². The number of nitrogens with one attached hydrogen (secondary N) is 1. The van der Waals surface area contributed by atoms with Gasteiger partial charge in [0.2, 0.25) is 5.91 Å². The van der Waals surface area contributed by atoms with E-state index in [4.69, 9.17) is 9.47 Å². The standard InChI is InChI=1S/C33H40N2O4/c1-24(2)29-18-9-10-19-31(29)39-23-32(36)35(22-26-14-11-17-28(20-26)38-3)30(21-25-12-5-4-6-13-25)33(37)34-27-15-7-8-16-27/h4-6,9-14,17-20,24,27,30H,7-8,15-16,21-23H2,1-3H3,(H,34,37). The smallest absolute Gasteiger partial charge is 0.261 e. The van der Waals surface area contributed by atoms with E-state index in [0.717, 1.165) is 42.4 Å². The molecular formula is C33H40N2O4. The number of amides is 2. The van der Waals surface area contributed by atoms with E-state index in [1.54, 1.807) is 12.0 Å². The Bertz CT molecular complexity index is 1220. The SMILES string of the molecule is COc1cccc(CN(C(=O)COc2ccccc2C(C)C)C(Cc2ccccc2)C(=O)NC2CCCC2)c1. The maximum absolute atomic E-state index is 13.9. The molecular weight excluding hydrogens is 488 g/mol. The molecule has 0 bridgehead atoms. The third-order valence-electron chi connectivity index (χ3n) is 7.35. The quantitative estimate of drug-likeness (QED) is 0.318. The fraction of sp³-hybridized carbons (Fsp3) is 0.394. The topological polar surface area (TPSA) is 67.9 Å². The van der Waals surface area contributed by atoms with Crippen molar-refractivity contribution in [2.24, 2.45) is 0 Å². The molecule has 0 saturated heterocycles. The Morgan fingerprint density at radius 1 is 0.923 bits per heavy atom. The molecule has 1 unspecified atom stereocenters. The average molecular weight is 529 g/mol. The Morgan fingerprint density at radius 2 is 1.62 bits per heavy atom. The van der Waals surface area contributed by atoms with Crippen molar-refractivity contribution in [1.29, 1.82) is 0 Å². The van der Waals surface area contributed by atoms with Gasteiger partial charge < -0.3 is 19.7 Å². The van der Waals surface area contributed by atoms with Crippen molar-refractivity contribution < 1.29 is 19.1 Å². The molecule has 206 valence electrons. The Hall–Kier alpha value is -3.80. The van der Waals surface area contributed by atoms with Crippen LogP contribution in [0.3, 0.4) is 0 Å². The fourth-order valence-electron chi connectivity index (χ4n) is 5.20. The molecule has 0 aliphatic heterocycles. The number of carbonyl (C=O) groups excluding carboxylic acids is 2. The fourth-order valence-corrected chi connectivity index (χ4v) is 5.20. The molecule has 2 amide bonds. The van der Waals surface area contributed by atoms with Crippen molar-refractivity contribution >= 4 is 11.8 Å². The Kier molecular flexibility index (Phi) is 10.0. The summed E-state index contributed by atoms with van der Waals surface area (Å²) in [6.07, 6.45) is 4.59. The monoisotopic (exact) mass is 528 g/mol. The summed E-state index contributed by atoms with van der Waals surface area (Å²) in [4.78, 5) is 29.4. The first-order valence-corrected chi connectivity index (χ1v) is 13.9. The number of carbonyl (C=O) groups is 2. The Morgan fingerprint density at radius 3 is 2.33 bits per heavy atom. The van der Waals surface area contributed by atoms with E-state index < -0.39 is 6.04 Å². The number of ether oxygens (including phenoxy) is 2. The van der Waals surface area contributed by atoms with Gasteiger partial charge in [0.1, 0.15) is 17.5 Å². The van der Waals surface area contributed by atoms with Gasteiger partial charge in [0.15, 0.2) is 6.61 Å². The van der Waals surface area contributed by atoms with Crippen LogP contribution in [0.15, 0.2) is 78.9 Å². The second kappa shape index (κ2) is 13.8. The molecule has 1 fully saturated rings. The highest BCUT2D eigenvalue weighted by Crippen LogP contribution is 2.26. The molecule has 3 aromatic rings. The van der Waals surface area contributed by atoms with E-state index in [0.29, 0.717) is 17.9 Å². The number of hydrogen-bond acceptors (Lipinski definition) is 4. The summed E-state index contributed by atoms with van der Waals surface area (Å²) in [6, 6.07) is 24.8. The van der Waals surface area contributed by atoms with Gasteiger partial charge in [-0.3, -0.25) is 9.59 Å². The van der Waals surface area contributed by atoms with Crippen LogP contribution in [0, 0.1) is 0 Å². The molecule has 0 spiro atoms. The molecule has 1 saturated carbocycles. The number of hydrogen-bond donors (Lipinski definition) is 1. The van der Waals surface area contributed by atoms with E-state index in [1.807, 2.05) is 78.9 Å². The lowest BCUT2D eigenvalue weighted by molar-refractivity contribution is -0.143. The van der Waals surface area contributed by atoms with E-state index in [9.17, 15) is 9.59 Å². The first kappa shape index (κ1) is 28.2. The number of methoxy groups -OCH3 is 1. The zero-order chi connectivity index (χ0) is 27.6. The molecule has 6 nitrogen and oxygen atoms in total. The zero-order valence-electron chi connectivity index (χ0n) is 23.3. The lowest BCUT2D eigenvalue weighted by atomic mass is 10.0. The summed E-state index contributed by atoms with van der Waals surface area (Å²) in [5.41, 5.74) is 2.93. The molecule has 4 rings (SSSR count). The van der Waals surface area contributed by atoms with Crippen molar-refractivity contribution in [3.8, 4) is 11.5 Å². The molecule has 0 heterocycles. The summed E-state index contributed by atoms with van der Waals surface area (Å²) in [5, 5.41) is 3.24. The summed E-state index contributed by atoms with van der Waals surface area (Å²) in [6.45, 7) is 4.31. The highest BCUT2D eigenvalue weighted by atomic mass is 16.5. The third kappa shape index (κ3) is 7.85. The van der Waals surface area contributed by atoms with Crippen LogP contribution in [0.25, 0.3) is 0 Å². The van der Waals surface area contributed by atoms with Crippen LogP contribution in [-0.4, -0.2) is 42.5 Å². The molecule has 6 heteroatoms. The van der Waals surface area contributed by atoms with Crippen LogP contribution < -0.4 is 14.8 Å². The number of para-hydroxylation sites is 1. The zero-order valence-corrected chi connectivity index (χ0v) is 23.3. The van der Waals surface area contributed by atoms with Crippen molar-refractivity contribution in [3.05, 3.63) is 95.6 Å². The number of nitrogens with zero attached hydrogens (tertiary/aromatic N) is 1. The molecule has 0 aromatic heterocycles. The normalized spacial score (nSPS) is 14.2. The minimum Gasteiger partial charge on any atom is -0.497 e. The second-order valence-electron chi connectivity index (χ2n) is 10.5. The van der Waals surface area contributed by atoms with Crippen LogP contribution in [0.2, 0.25) is 0 Å². The van der Waals surface area contributed by atoms with Gasteiger partial charge in [0.05, 0.1) is 7.11 Å². The summed E-state index contributed by atoms with van der Waals surface area (Å²) in [5.74, 6) is 1.30. The van der Waals surface area contributed by atoms with Crippen LogP contribution >= 0.6 is 0 Å². The van der Waals surface area contributed by atoms with Gasteiger partial charge in [-0.1, -0.05) is 87.4 Å². The lowest BCUT2D eigenvalue weighted by Gasteiger charge is -2.32. The molecule has 0 radical (unpaired) electrons. The van der Waals surface area contributed by atoms with Crippen LogP contribution in [0.5, 0.6) is 11.5 Å². The number of benzene rings is 3. The molecule has 1 aliphatic carbocycles. The van der Waals surface area contributed by atoms with Crippen molar-refractivity contribution in [3.63, 3.8) is 0 Å². The molecule has 3 aromatic carbocycles. The lowest BCUT2D eigenvalue weighted by Crippen LogP contribution is -2.53. The van der Waals surface area contributed by atoms with Crippen molar-refractivity contribution in [1.82, 2.24) is 10.2 Å². The largest absolute Gasteiger partial charge is 0.497 e. The van der Waals surface area contributed by atoms with Gasteiger partial charge in [-0.05, 0) is 53.6 Å². The third-order valence-corrected chi connectivity index (χ3v) is 7.35. The average Bonchev–Trinajstić information content (AvgIpc) is 3.47. The molecule has 1 aliphatic rings. The molecule has 39 heavy (non-hydrogen) atoms. The van der Waals surface area contributed by atoms with Gasteiger partial charge in [0.25, 0.3) is 5.91 Å². The van der Waals surface area contributed by atoms with Gasteiger partial charge >= 0.3 is 0 Å². The van der Waals surface area contributed by atoms with Crippen LogP contribution in [0.4, 0.5) is 0 Å². The van der Waals surface area contributed by atoms with E-state index in [2.05, 4.69) is 19.2 Å². The minimum absolute atomic E-state index is 0.121.